The molecule has 2 fully saturated rings. The SMILES string of the molecule is Cc1cc(C)c(C2CC3CCC2C3)c(C)c1. The van der Waals surface area contributed by atoms with Gasteiger partial charge >= 0.3 is 0 Å². The molecule has 0 amide bonds. The van der Waals surface area contributed by atoms with E-state index < -0.39 is 0 Å². The molecule has 0 nitrogen and oxygen atoms in total. The fourth-order valence-electron chi connectivity index (χ4n) is 4.37. The molecule has 0 aliphatic heterocycles. The summed E-state index contributed by atoms with van der Waals surface area (Å²) in [6.07, 6.45) is 5.97. The molecule has 2 bridgehead atoms. The number of fused-ring (bicyclic) bond motifs is 2. The maximum Gasteiger partial charge on any atom is -0.0126 e. The lowest BCUT2D eigenvalue weighted by atomic mass is 9.79. The molecule has 0 radical (unpaired) electrons. The van der Waals surface area contributed by atoms with E-state index in [9.17, 15) is 0 Å². The molecule has 0 spiro atoms. The monoisotopic (exact) mass is 214 g/mol. The Labute approximate surface area is 99.1 Å². The van der Waals surface area contributed by atoms with Gasteiger partial charge in [-0.05, 0) is 74.5 Å². The van der Waals surface area contributed by atoms with Gasteiger partial charge in [-0.25, -0.2) is 0 Å². The van der Waals surface area contributed by atoms with E-state index in [1.165, 1.54) is 42.4 Å². The fourth-order valence-corrected chi connectivity index (χ4v) is 4.37. The van der Waals surface area contributed by atoms with Gasteiger partial charge in [-0.15, -0.1) is 0 Å². The Morgan fingerprint density at radius 1 is 0.938 bits per heavy atom. The van der Waals surface area contributed by atoms with Crippen LogP contribution in [0.1, 0.15) is 53.9 Å². The van der Waals surface area contributed by atoms with Crippen molar-refractivity contribution in [2.45, 2.75) is 52.4 Å². The first kappa shape index (κ1) is 10.4. The lowest BCUT2D eigenvalue weighted by molar-refractivity contribution is 0.417. The smallest absolute Gasteiger partial charge is 0.0126 e. The van der Waals surface area contributed by atoms with E-state index in [-0.39, 0.29) is 0 Å². The molecule has 0 heterocycles. The number of hydrogen-bond donors (Lipinski definition) is 0. The van der Waals surface area contributed by atoms with Crippen LogP contribution in [0, 0.1) is 32.6 Å². The molecule has 2 saturated carbocycles. The highest BCUT2D eigenvalue weighted by atomic mass is 14.5. The maximum atomic E-state index is 2.37. The standard InChI is InChI=1S/C16H22/c1-10-6-11(2)16(12(3)7-10)15-9-13-4-5-14(15)8-13/h6-7,13-15H,4-5,8-9H2,1-3H3. The summed E-state index contributed by atoms with van der Waals surface area (Å²) >= 11 is 0. The highest BCUT2D eigenvalue weighted by Crippen LogP contribution is 2.53. The largest absolute Gasteiger partial charge is 0.0561 e. The number of hydrogen-bond acceptors (Lipinski definition) is 0. The third-order valence-corrected chi connectivity index (χ3v) is 4.85. The minimum absolute atomic E-state index is 0.888. The van der Waals surface area contributed by atoms with Gasteiger partial charge in [-0.1, -0.05) is 24.1 Å². The minimum Gasteiger partial charge on any atom is -0.0561 e. The van der Waals surface area contributed by atoms with Crippen LogP contribution in [0.4, 0.5) is 0 Å². The van der Waals surface area contributed by atoms with Gasteiger partial charge in [-0.3, -0.25) is 0 Å². The molecule has 16 heavy (non-hydrogen) atoms. The Morgan fingerprint density at radius 2 is 1.62 bits per heavy atom. The Balaban J connectivity index is 2.01. The Kier molecular flexibility index (Phi) is 2.34. The second-order valence-electron chi connectivity index (χ2n) is 6.09. The fraction of sp³-hybridized carbons (Fsp3) is 0.625. The van der Waals surface area contributed by atoms with Gasteiger partial charge in [0.2, 0.25) is 0 Å². The van der Waals surface area contributed by atoms with Gasteiger partial charge in [-0.2, -0.15) is 0 Å². The predicted molar refractivity (Wildman–Crippen MR) is 68.8 cm³/mol. The zero-order chi connectivity index (χ0) is 11.3. The van der Waals surface area contributed by atoms with Crippen molar-refractivity contribution in [3.05, 3.63) is 34.4 Å². The van der Waals surface area contributed by atoms with E-state index in [2.05, 4.69) is 32.9 Å². The van der Waals surface area contributed by atoms with E-state index in [1.807, 2.05) is 0 Å². The zero-order valence-corrected chi connectivity index (χ0v) is 10.7. The van der Waals surface area contributed by atoms with Crippen molar-refractivity contribution in [2.24, 2.45) is 11.8 Å². The molecule has 2 aliphatic rings. The van der Waals surface area contributed by atoms with E-state index >= 15 is 0 Å². The van der Waals surface area contributed by atoms with Crippen LogP contribution < -0.4 is 0 Å². The van der Waals surface area contributed by atoms with Gasteiger partial charge in [0.25, 0.3) is 0 Å². The van der Waals surface area contributed by atoms with Gasteiger partial charge in [0.15, 0.2) is 0 Å². The average Bonchev–Trinajstić information content (AvgIpc) is 2.77. The summed E-state index contributed by atoms with van der Waals surface area (Å²) in [6.45, 7) is 6.83. The summed E-state index contributed by atoms with van der Waals surface area (Å²) in [5.74, 6) is 2.94. The van der Waals surface area contributed by atoms with Crippen LogP contribution in [0.15, 0.2) is 12.1 Å². The molecular weight excluding hydrogens is 192 g/mol. The van der Waals surface area contributed by atoms with E-state index in [0.717, 1.165) is 17.8 Å². The van der Waals surface area contributed by atoms with Crippen LogP contribution in [0.2, 0.25) is 0 Å². The molecule has 3 rings (SSSR count). The minimum atomic E-state index is 0.888. The van der Waals surface area contributed by atoms with Crippen LogP contribution in [-0.4, -0.2) is 0 Å². The van der Waals surface area contributed by atoms with Crippen LogP contribution in [0.3, 0.4) is 0 Å². The van der Waals surface area contributed by atoms with Crippen LogP contribution >= 0.6 is 0 Å². The summed E-state index contributed by atoms with van der Waals surface area (Å²) < 4.78 is 0. The van der Waals surface area contributed by atoms with Crippen LogP contribution in [-0.2, 0) is 0 Å². The molecule has 1 aromatic carbocycles. The first-order valence-corrected chi connectivity index (χ1v) is 6.73. The molecule has 86 valence electrons. The van der Waals surface area contributed by atoms with Crippen LogP contribution in [0.25, 0.3) is 0 Å². The zero-order valence-electron chi connectivity index (χ0n) is 10.7. The molecular formula is C16H22. The Hall–Kier alpha value is -0.780. The van der Waals surface area contributed by atoms with E-state index in [1.54, 1.807) is 5.56 Å². The van der Waals surface area contributed by atoms with Gasteiger partial charge in [0.1, 0.15) is 0 Å². The summed E-state index contributed by atoms with van der Waals surface area (Å²) in [7, 11) is 0. The Morgan fingerprint density at radius 3 is 2.12 bits per heavy atom. The van der Waals surface area contributed by atoms with Crippen molar-refractivity contribution in [3.8, 4) is 0 Å². The number of rotatable bonds is 1. The van der Waals surface area contributed by atoms with Crippen LogP contribution in [0.5, 0.6) is 0 Å². The Bertz CT molecular complexity index is 393. The van der Waals surface area contributed by atoms with Gasteiger partial charge in [0, 0.05) is 0 Å². The highest BCUT2D eigenvalue weighted by molar-refractivity contribution is 5.41. The summed E-state index contributed by atoms with van der Waals surface area (Å²) in [5.41, 5.74) is 6.19. The summed E-state index contributed by atoms with van der Waals surface area (Å²) in [6, 6.07) is 4.74. The van der Waals surface area contributed by atoms with Crippen molar-refractivity contribution in [1.29, 1.82) is 0 Å². The third-order valence-electron chi connectivity index (χ3n) is 4.85. The lowest BCUT2D eigenvalue weighted by Crippen LogP contribution is -2.11. The molecule has 3 atom stereocenters. The molecule has 1 aromatic rings. The van der Waals surface area contributed by atoms with Crippen molar-refractivity contribution in [3.63, 3.8) is 0 Å². The average molecular weight is 214 g/mol. The quantitative estimate of drug-likeness (QED) is 0.645. The first-order chi connectivity index (χ1) is 7.65. The molecule has 2 aliphatic carbocycles. The molecule has 0 saturated heterocycles. The van der Waals surface area contributed by atoms with Crippen molar-refractivity contribution >= 4 is 0 Å². The third kappa shape index (κ3) is 1.50. The number of aryl methyl sites for hydroxylation is 3. The lowest BCUT2D eigenvalue weighted by Gasteiger charge is -2.26. The predicted octanol–water partition coefficient (Wildman–Crippen LogP) is 4.52. The van der Waals surface area contributed by atoms with Gasteiger partial charge in [0.05, 0.1) is 0 Å². The van der Waals surface area contributed by atoms with Crippen molar-refractivity contribution in [1.82, 2.24) is 0 Å². The van der Waals surface area contributed by atoms with Crippen molar-refractivity contribution < 1.29 is 0 Å². The number of benzene rings is 1. The van der Waals surface area contributed by atoms with E-state index in [4.69, 9.17) is 0 Å². The first-order valence-electron chi connectivity index (χ1n) is 6.73. The topological polar surface area (TPSA) is 0 Å². The normalized spacial score (nSPS) is 32.3. The summed E-state index contributed by atoms with van der Waals surface area (Å²) in [4.78, 5) is 0. The second kappa shape index (κ2) is 3.61. The molecule has 0 heteroatoms. The maximum absolute atomic E-state index is 2.37. The molecule has 3 unspecified atom stereocenters. The van der Waals surface area contributed by atoms with E-state index in [0.29, 0.717) is 0 Å². The van der Waals surface area contributed by atoms with Gasteiger partial charge < -0.3 is 0 Å². The molecule has 0 N–H and O–H groups in total. The molecule has 0 aromatic heterocycles. The highest BCUT2D eigenvalue weighted by Gasteiger charge is 2.40. The summed E-state index contributed by atoms with van der Waals surface area (Å²) in [5, 5.41) is 0. The van der Waals surface area contributed by atoms with Crippen molar-refractivity contribution in [2.75, 3.05) is 0 Å². The second-order valence-corrected chi connectivity index (χ2v) is 6.09.